The van der Waals surface area contributed by atoms with E-state index in [9.17, 15) is 35.1 Å². The van der Waals surface area contributed by atoms with Crippen molar-refractivity contribution in [3.63, 3.8) is 0 Å². The van der Waals surface area contributed by atoms with E-state index in [2.05, 4.69) is 26.8 Å². The molecule has 0 heterocycles. The van der Waals surface area contributed by atoms with Crippen molar-refractivity contribution in [2.24, 2.45) is 50.2 Å². The highest BCUT2D eigenvalue weighted by atomic mass is 16.4. The molecule has 0 aromatic rings. The van der Waals surface area contributed by atoms with Crippen molar-refractivity contribution in [2.45, 2.75) is 111 Å². The Morgan fingerprint density at radius 3 is 2.03 bits per heavy atom. The van der Waals surface area contributed by atoms with E-state index in [0.717, 1.165) is 12.0 Å². The van der Waals surface area contributed by atoms with Crippen LogP contribution in [0.1, 0.15) is 92.9 Å². The topological polar surface area (TPSA) is 135 Å². The Bertz CT molecular complexity index is 1050. The summed E-state index contributed by atoms with van der Waals surface area (Å²) in [5.41, 5.74) is -2.80. The molecule has 5 rings (SSSR count). The molecule has 7 heteroatoms. The molecule has 7 nitrogen and oxygen atoms in total. The van der Waals surface area contributed by atoms with Crippen LogP contribution in [0, 0.1) is 50.2 Å². The number of carboxylic acids is 2. The maximum absolute atomic E-state index is 12.8. The zero-order valence-corrected chi connectivity index (χ0v) is 23.3. The second-order valence-electron chi connectivity index (χ2n) is 15.0. The molecule has 0 aliphatic heterocycles. The fraction of sp³-hybridized carbons (Fsp3) is 0.867. The van der Waals surface area contributed by atoms with Crippen LogP contribution in [-0.2, 0) is 9.59 Å². The van der Waals surface area contributed by atoms with Gasteiger partial charge in [-0.05, 0) is 91.8 Å². The third-order valence-corrected chi connectivity index (χ3v) is 13.4. The monoisotopic (exact) mass is 518 g/mol. The molecule has 0 radical (unpaired) electrons. The first-order chi connectivity index (χ1) is 16.9. The molecule has 5 aliphatic rings. The highest BCUT2D eigenvalue weighted by Gasteiger charge is 2.72. The number of aliphatic carboxylic acids is 2. The van der Waals surface area contributed by atoms with Crippen LogP contribution in [-0.4, -0.2) is 55.8 Å². The molecule has 0 aromatic heterocycles. The molecule has 4 saturated carbocycles. The quantitative estimate of drug-likeness (QED) is 0.345. The van der Waals surface area contributed by atoms with Crippen LogP contribution in [0.2, 0.25) is 0 Å². The lowest BCUT2D eigenvalue weighted by molar-refractivity contribution is -0.241. The zero-order chi connectivity index (χ0) is 27.6. The van der Waals surface area contributed by atoms with E-state index in [0.29, 0.717) is 44.9 Å². The molecule has 5 aliphatic carbocycles. The highest BCUT2D eigenvalue weighted by Crippen LogP contribution is 2.75. The number of aliphatic hydroxyl groups is 3. The maximum Gasteiger partial charge on any atom is 0.312 e. The van der Waals surface area contributed by atoms with E-state index < -0.39 is 52.4 Å². The van der Waals surface area contributed by atoms with Crippen LogP contribution in [0.4, 0.5) is 0 Å². The van der Waals surface area contributed by atoms with Gasteiger partial charge in [0.1, 0.15) is 0 Å². The SMILES string of the molecule is CC1(C)CC[C@]2(C(=O)O)CC[C@]3(C)C(=CC[C@@H]4[C@@]5(C)C[C@@H](O)[C@H](O)[C@@](C)(C(=O)O)[C@@H]5CC[C@]43C)[C@@H]2[C@H]1O. The van der Waals surface area contributed by atoms with Crippen molar-refractivity contribution in [3.05, 3.63) is 11.6 Å². The smallest absolute Gasteiger partial charge is 0.312 e. The van der Waals surface area contributed by atoms with E-state index in [1.54, 1.807) is 6.92 Å². The first-order valence-corrected chi connectivity index (χ1v) is 14.1. The number of fused-ring (bicyclic) bond motifs is 7. The van der Waals surface area contributed by atoms with Gasteiger partial charge in [0, 0.05) is 5.92 Å². The standard InChI is InChI=1S/C30H46O7/c1-25(2)11-13-30(24(36)37)14-12-27(4)16(20(30)22(25)33)7-8-18-26(3)15-17(31)21(32)29(6,23(34)35)19(26)9-10-28(18,27)5/h7,17-22,31-33H,8-15H2,1-6H3,(H,34,35)(H,36,37)/t17-,18-,19-,20-,21+,22-,26-,27-,28-,29+,30+/m1/s1. The zero-order valence-electron chi connectivity index (χ0n) is 23.3. The predicted molar refractivity (Wildman–Crippen MR) is 137 cm³/mol. The van der Waals surface area contributed by atoms with Crippen LogP contribution < -0.4 is 0 Å². The minimum atomic E-state index is -1.44. The lowest BCUT2D eigenvalue weighted by Crippen LogP contribution is -2.69. The molecular formula is C30H46O7. The van der Waals surface area contributed by atoms with Gasteiger partial charge in [0.15, 0.2) is 0 Å². The Morgan fingerprint density at radius 1 is 0.811 bits per heavy atom. The largest absolute Gasteiger partial charge is 0.481 e. The minimum Gasteiger partial charge on any atom is -0.481 e. The molecule has 4 fully saturated rings. The van der Waals surface area contributed by atoms with Gasteiger partial charge in [-0.25, -0.2) is 0 Å². The van der Waals surface area contributed by atoms with Gasteiger partial charge in [0.2, 0.25) is 0 Å². The molecule has 0 unspecified atom stereocenters. The van der Waals surface area contributed by atoms with Crippen LogP contribution in [0.25, 0.3) is 0 Å². The predicted octanol–water partition coefficient (Wildman–Crippen LogP) is 4.24. The number of carbonyl (C=O) groups is 2. The molecule has 0 spiro atoms. The van der Waals surface area contributed by atoms with Crippen LogP contribution >= 0.6 is 0 Å². The molecule has 0 bridgehead atoms. The summed E-state index contributed by atoms with van der Waals surface area (Å²) in [4.78, 5) is 25.4. The van der Waals surface area contributed by atoms with Crippen molar-refractivity contribution in [1.29, 1.82) is 0 Å². The Kier molecular flexibility index (Phi) is 5.73. The van der Waals surface area contributed by atoms with Gasteiger partial charge in [0.05, 0.1) is 29.1 Å². The summed E-state index contributed by atoms with van der Waals surface area (Å²) in [6.45, 7) is 12.3. The van der Waals surface area contributed by atoms with E-state index in [4.69, 9.17) is 0 Å². The third-order valence-electron chi connectivity index (χ3n) is 13.4. The summed E-state index contributed by atoms with van der Waals surface area (Å²) in [5, 5.41) is 54.3. The molecule has 0 saturated heterocycles. The lowest BCUT2D eigenvalue weighted by Gasteiger charge is -2.71. The average molecular weight is 519 g/mol. The Hall–Kier alpha value is -1.44. The normalized spacial score (nSPS) is 54.6. The van der Waals surface area contributed by atoms with Crippen LogP contribution in [0.3, 0.4) is 0 Å². The maximum atomic E-state index is 12.8. The summed E-state index contributed by atoms with van der Waals surface area (Å²) >= 11 is 0. The number of rotatable bonds is 2. The molecule has 208 valence electrons. The van der Waals surface area contributed by atoms with E-state index in [-0.39, 0.29) is 28.1 Å². The van der Waals surface area contributed by atoms with Gasteiger partial charge >= 0.3 is 11.9 Å². The Morgan fingerprint density at radius 2 is 1.43 bits per heavy atom. The third kappa shape index (κ3) is 3.05. The number of aliphatic hydroxyl groups excluding tert-OH is 3. The number of hydrogen-bond donors (Lipinski definition) is 5. The van der Waals surface area contributed by atoms with Gasteiger partial charge in [-0.2, -0.15) is 0 Å². The summed E-state index contributed by atoms with van der Waals surface area (Å²) in [6, 6.07) is 0. The fourth-order valence-corrected chi connectivity index (χ4v) is 10.7. The summed E-state index contributed by atoms with van der Waals surface area (Å²) in [6.07, 6.45) is 3.88. The van der Waals surface area contributed by atoms with Gasteiger partial charge in [-0.1, -0.05) is 46.3 Å². The summed E-state index contributed by atoms with van der Waals surface area (Å²) in [5.74, 6) is -2.53. The van der Waals surface area contributed by atoms with Crippen molar-refractivity contribution < 1.29 is 35.1 Å². The first kappa shape index (κ1) is 27.1. The lowest BCUT2D eigenvalue weighted by atomic mass is 9.33. The van der Waals surface area contributed by atoms with Gasteiger partial charge in [0.25, 0.3) is 0 Å². The van der Waals surface area contributed by atoms with Gasteiger partial charge in [-0.15, -0.1) is 0 Å². The number of carboxylic acid groups (broad SMARTS) is 2. The van der Waals surface area contributed by atoms with Crippen molar-refractivity contribution in [1.82, 2.24) is 0 Å². The molecular weight excluding hydrogens is 472 g/mol. The Balaban J connectivity index is 1.64. The molecule has 5 N–H and O–H groups in total. The van der Waals surface area contributed by atoms with E-state index >= 15 is 0 Å². The Labute approximate surface area is 220 Å². The van der Waals surface area contributed by atoms with Crippen LogP contribution in [0.5, 0.6) is 0 Å². The van der Waals surface area contributed by atoms with Crippen molar-refractivity contribution in [2.75, 3.05) is 0 Å². The first-order valence-electron chi connectivity index (χ1n) is 14.1. The van der Waals surface area contributed by atoms with Crippen LogP contribution in [0.15, 0.2) is 11.6 Å². The molecule has 37 heavy (non-hydrogen) atoms. The van der Waals surface area contributed by atoms with Gasteiger partial charge < -0.3 is 25.5 Å². The second-order valence-corrected chi connectivity index (χ2v) is 15.0. The van der Waals surface area contributed by atoms with Crippen molar-refractivity contribution in [3.8, 4) is 0 Å². The summed E-state index contributed by atoms with van der Waals surface area (Å²) < 4.78 is 0. The molecule has 0 aromatic carbocycles. The minimum absolute atomic E-state index is 0.0689. The van der Waals surface area contributed by atoms with E-state index in [1.165, 1.54) is 0 Å². The van der Waals surface area contributed by atoms with Gasteiger partial charge in [-0.3, -0.25) is 9.59 Å². The number of allylic oxidation sites excluding steroid dienone is 1. The second kappa shape index (κ2) is 7.82. The summed E-state index contributed by atoms with van der Waals surface area (Å²) in [7, 11) is 0. The fourth-order valence-electron chi connectivity index (χ4n) is 10.7. The van der Waals surface area contributed by atoms with E-state index in [1.807, 2.05) is 13.8 Å². The average Bonchev–Trinajstić information content (AvgIpc) is 2.80. The molecule has 0 amide bonds. The molecule has 11 atom stereocenters. The number of hydrogen-bond acceptors (Lipinski definition) is 5. The highest BCUT2D eigenvalue weighted by molar-refractivity contribution is 5.77. The van der Waals surface area contributed by atoms with Crippen molar-refractivity contribution >= 4 is 11.9 Å².